The number of nitriles is 1. The molecule has 0 aliphatic rings. The Bertz CT molecular complexity index is 1090. The second-order valence-corrected chi connectivity index (χ2v) is 5.52. The van der Waals surface area contributed by atoms with E-state index in [1.54, 1.807) is 24.3 Å². The summed E-state index contributed by atoms with van der Waals surface area (Å²) >= 11 is 0. The summed E-state index contributed by atoms with van der Waals surface area (Å²) in [5.74, 6) is 0. The number of aliphatic hydroxyl groups excluding tert-OH is 2. The molecule has 2 N–H and O–H groups in total. The van der Waals surface area contributed by atoms with Crippen molar-refractivity contribution in [2.75, 3.05) is 13.2 Å². The van der Waals surface area contributed by atoms with E-state index in [-0.39, 0.29) is 29.6 Å². The maximum atomic E-state index is 12.7. The highest BCUT2D eigenvalue weighted by molar-refractivity contribution is 6.14. The van der Waals surface area contributed by atoms with Gasteiger partial charge >= 0.3 is 0 Å². The van der Waals surface area contributed by atoms with Crippen molar-refractivity contribution in [3.8, 4) is 6.07 Å². The molecule has 24 heavy (non-hydrogen) atoms. The highest BCUT2D eigenvalue weighted by Crippen LogP contribution is 2.30. The summed E-state index contributed by atoms with van der Waals surface area (Å²) in [5.41, 5.74) is 1.24. The molecule has 0 radical (unpaired) electrons. The van der Waals surface area contributed by atoms with E-state index < -0.39 is 0 Å². The number of aliphatic hydroxyl groups is 2. The van der Waals surface area contributed by atoms with Gasteiger partial charge in [-0.05, 0) is 34.7 Å². The molecule has 0 aliphatic carbocycles. The van der Waals surface area contributed by atoms with Crippen LogP contribution in [-0.4, -0.2) is 23.4 Å². The fourth-order valence-electron chi connectivity index (χ4n) is 3.33. The first-order valence-corrected chi connectivity index (χ1v) is 7.54. The van der Waals surface area contributed by atoms with Crippen molar-refractivity contribution >= 4 is 27.2 Å². The van der Waals surface area contributed by atoms with Crippen molar-refractivity contribution in [2.24, 2.45) is 0 Å². The molecule has 0 unspecified atom stereocenters. The topological polar surface area (TPSA) is 85.7 Å². The van der Waals surface area contributed by atoms with Gasteiger partial charge < -0.3 is 10.2 Å². The zero-order chi connectivity index (χ0) is 17.3. The highest BCUT2D eigenvalue weighted by Gasteiger charge is 2.18. The number of hydrogen-bond acceptors (Lipinski definition) is 4. The smallest absolute Gasteiger partial charge is 0.273 e. The van der Waals surface area contributed by atoms with Gasteiger partial charge in [0, 0.05) is 29.2 Å². The predicted octanol–water partition coefficient (Wildman–Crippen LogP) is 1.13. The van der Waals surface area contributed by atoms with E-state index in [9.17, 15) is 20.3 Å². The Morgan fingerprint density at radius 2 is 1.62 bits per heavy atom. The van der Waals surface area contributed by atoms with Gasteiger partial charge in [-0.3, -0.25) is 4.79 Å². The molecule has 0 aromatic heterocycles. The van der Waals surface area contributed by atoms with Crippen LogP contribution >= 0.6 is 0 Å². The third-order valence-corrected chi connectivity index (χ3v) is 4.29. The summed E-state index contributed by atoms with van der Waals surface area (Å²) in [4.78, 5) is 15.9. The van der Waals surface area contributed by atoms with Crippen molar-refractivity contribution in [3.05, 3.63) is 62.3 Å². The standard InChI is InChI=1S/C19H14N2O3/c1-21-15(10-20)18-13-4-2-11(6-8-22)16-12(7-9-23)3-5-14(17(13)16)19(18)24/h2-5,22-23H,6-9H2/b18-15-. The first-order valence-electron chi connectivity index (χ1n) is 7.54. The molecule has 3 aromatic carbocycles. The Balaban J connectivity index is 2.62. The van der Waals surface area contributed by atoms with Crippen LogP contribution in [0.1, 0.15) is 11.1 Å². The Kier molecular flexibility index (Phi) is 4.14. The van der Waals surface area contributed by atoms with Crippen molar-refractivity contribution < 1.29 is 10.2 Å². The molecule has 5 nitrogen and oxygen atoms in total. The van der Waals surface area contributed by atoms with Crippen molar-refractivity contribution in [3.63, 3.8) is 0 Å². The van der Waals surface area contributed by atoms with Crippen molar-refractivity contribution in [1.29, 1.82) is 5.26 Å². The lowest BCUT2D eigenvalue weighted by Crippen LogP contribution is -2.21. The number of rotatable bonds is 4. The van der Waals surface area contributed by atoms with Crippen molar-refractivity contribution in [1.82, 2.24) is 0 Å². The average Bonchev–Trinajstić information content (AvgIpc) is 2.87. The van der Waals surface area contributed by atoms with E-state index in [2.05, 4.69) is 4.85 Å². The fourth-order valence-corrected chi connectivity index (χ4v) is 3.33. The van der Waals surface area contributed by atoms with E-state index in [0.717, 1.165) is 16.5 Å². The monoisotopic (exact) mass is 318 g/mol. The minimum Gasteiger partial charge on any atom is -0.396 e. The summed E-state index contributed by atoms with van der Waals surface area (Å²) in [7, 11) is 0. The van der Waals surface area contributed by atoms with Crippen LogP contribution in [0.4, 0.5) is 0 Å². The predicted molar refractivity (Wildman–Crippen MR) is 91.3 cm³/mol. The first kappa shape index (κ1) is 15.9. The third kappa shape index (κ3) is 2.19. The van der Waals surface area contributed by atoms with E-state index in [1.807, 2.05) is 6.07 Å². The maximum absolute atomic E-state index is 12.7. The molecule has 0 saturated carbocycles. The molecule has 3 aromatic rings. The normalized spacial score (nSPS) is 12.3. The lowest BCUT2D eigenvalue weighted by atomic mass is 9.94. The number of nitrogens with zero attached hydrogens (tertiary/aromatic N) is 2. The van der Waals surface area contributed by atoms with Crippen LogP contribution in [0.15, 0.2) is 29.1 Å². The van der Waals surface area contributed by atoms with Gasteiger partial charge in [0.05, 0.1) is 12.6 Å². The minimum absolute atomic E-state index is 0.0284. The third-order valence-electron chi connectivity index (χ3n) is 4.29. The van der Waals surface area contributed by atoms with Gasteiger partial charge in [-0.2, -0.15) is 0 Å². The van der Waals surface area contributed by atoms with E-state index in [1.165, 1.54) is 0 Å². The lowest BCUT2D eigenvalue weighted by Gasteiger charge is -2.11. The molecule has 0 bridgehead atoms. The molecule has 0 aliphatic heterocycles. The van der Waals surface area contributed by atoms with E-state index >= 15 is 0 Å². The highest BCUT2D eigenvalue weighted by atomic mass is 16.3. The van der Waals surface area contributed by atoms with Crippen LogP contribution in [-0.2, 0) is 12.8 Å². The maximum Gasteiger partial charge on any atom is 0.273 e. The zero-order valence-electron chi connectivity index (χ0n) is 12.8. The molecule has 3 rings (SSSR count). The van der Waals surface area contributed by atoms with Gasteiger partial charge in [-0.25, -0.2) is 10.1 Å². The lowest BCUT2D eigenvalue weighted by molar-refractivity contribution is 0.299. The second-order valence-electron chi connectivity index (χ2n) is 5.52. The molecule has 0 atom stereocenters. The summed E-state index contributed by atoms with van der Waals surface area (Å²) in [6.45, 7) is 7.10. The molecule has 0 amide bonds. The van der Waals surface area contributed by atoms with Crippen LogP contribution < -0.4 is 10.6 Å². The fraction of sp³-hybridized carbons (Fsp3) is 0.211. The molecule has 118 valence electrons. The molecule has 5 heteroatoms. The quantitative estimate of drug-likeness (QED) is 0.706. The van der Waals surface area contributed by atoms with Crippen LogP contribution in [0.5, 0.6) is 0 Å². The molecule has 0 spiro atoms. The molecular formula is C19H14N2O3. The summed E-state index contributed by atoms with van der Waals surface area (Å²) < 4.78 is 0. The molecule has 0 saturated heterocycles. The summed E-state index contributed by atoms with van der Waals surface area (Å²) in [6, 6.07) is 8.84. The van der Waals surface area contributed by atoms with Crippen LogP contribution in [0.3, 0.4) is 0 Å². The average molecular weight is 318 g/mol. The van der Waals surface area contributed by atoms with Crippen LogP contribution in [0.2, 0.25) is 0 Å². The van der Waals surface area contributed by atoms with Crippen LogP contribution in [0, 0.1) is 17.9 Å². The second kappa shape index (κ2) is 6.25. The zero-order valence-corrected chi connectivity index (χ0v) is 12.8. The number of benzene rings is 2. The SMILES string of the molecule is [C-]#[N+]/C(C#N)=c1\c(=O)c2ccc(CCO)c3c(CCO)ccc1c32. The van der Waals surface area contributed by atoms with Gasteiger partial charge in [0.2, 0.25) is 0 Å². The molecule has 0 heterocycles. The molecular weight excluding hydrogens is 304 g/mol. The molecule has 0 fully saturated rings. The Labute approximate surface area is 137 Å². The summed E-state index contributed by atoms with van der Waals surface area (Å²) in [5, 5.41) is 30.5. The van der Waals surface area contributed by atoms with E-state index in [0.29, 0.717) is 29.0 Å². The summed E-state index contributed by atoms with van der Waals surface area (Å²) in [6.07, 6.45) is 0.861. The van der Waals surface area contributed by atoms with Gasteiger partial charge in [0.25, 0.3) is 5.70 Å². The largest absolute Gasteiger partial charge is 0.396 e. The first-order chi connectivity index (χ1) is 11.7. The number of hydrogen-bond donors (Lipinski definition) is 2. The van der Waals surface area contributed by atoms with E-state index in [4.69, 9.17) is 6.57 Å². The Morgan fingerprint density at radius 1 is 1.04 bits per heavy atom. The minimum atomic E-state index is -0.320. The van der Waals surface area contributed by atoms with Crippen LogP contribution in [0.25, 0.3) is 32.1 Å². The van der Waals surface area contributed by atoms with Gasteiger partial charge in [0.15, 0.2) is 5.43 Å². The van der Waals surface area contributed by atoms with Gasteiger partial charge in [-0.15, -0.1) is 0 Å². The Hall–Kier alpha value is -2.99. The van der Waals surface area contributed by atoms with Crippen molar-refractivity contribution in [2.45, 2.75) is 12.8 Å². The Morgan fingerprint density at radius 3 is 2.12 bits per heavy atom. The van der Waals surface area contributed by atoms with Gasteiger partial charge in [0.1, 0.15) is 0 Å². The van der Waals surface area contributed by atoms with Gasteiger partial charge in [-0.1, -0.05) is 24.3 Å².